The average molecular weight is 245 g/mol. The van der Waals surface area contributed by atoms with Gasteiger partial charge in [0.05, 0.1) is 11.3 Å². The SMILES string of the molecule is N#Cc1ccc(Cl)cc1NC(=O)OCCl. The number of hydrogen-bond donors (Lipinski definition) is 1. The fourth-order valence-electron chi connectivity index (χ4n) is 0.913. The van der Waals surface area contributed by atoms with E-state index < -0.39 is 6.09 Å². The zero-order chi connectivity index (χ0) is 11.3. The largest absolute Gasteiger partial charge is 0.433 e. The number of nitriles is 1. The van der Waals surface area contributed by atoms with Gasteiger partial charge in [0.25, 0.3) is 0 Å². The number of amides is 1. The van der Waals surface area contributed by atoms with Crippen LogP contribution < -0.4 is 5.32 Å². The van der Waals surface area contributed by atoms with Gasteiger partial charge in [-0.15, -0.1) is 0 Å². The second-order valence-electron chi connectivity index (χ2n) is 2.47. The molecule has 0 fully saturated rings. The first-order valence-corrected chi connectivity index (χ1v) is 4.78. The van der Waals surface area contributed by atoms with Gasteiger partial charge in [0.1, 0.15) is 6.07 Å². The van der Waals surface area contributed by atoms with Crippen LogP contribution in [-0.4, -0.2) is 12.2 Å². The van der Waals surface area contributed by atoms with Crippen molar-refractivity contribution in [3.8, 4) is 6.07 Å². The third kappa shape index (κ3) is 3.31. The number of ether oxygens (including phenoxy) is 1. The molecule has 1 amide bonds. The molecule has 0 saturated heterocycles. The van der Waals surface area contributed by atoms with Crippen molar-refractivity contribution in [1.29, 1.82) is 5.26 Å². The van der Waals surface area contributed by atoms with E-state index in [2.05, 4.69) is 10.1 Å². The fourth-order valence-corrected chi connectivity index (χ4v) is 1.18. The lowest BCUT2D eigenvalue weighted by atomic mass is 10.2. The monoisotopic (exact) mass is 244 g/mol. The summed E-state index contributed by atoms with van der Waals surface area (Å²) in [7, 11) is 0. The van der Waals surface area contributed by atoms with Crippen LogP contribution in [0.1, 0.15) is 5.56 Å². The second kappa shape index (κ2) is 5.44. The number of rotatable bonds is 2. The number of carbonyl (C=O) groups excluding carboxylic acids is 1. The molecule has 0 spiro atoms. The van der Waals surface area contributed by atoms with Gasteiger partial charge in [-0.05, 0) is 18.2 Å². The summed E-state index contributed by atoms with van der Waals surface area (Å²) in [4.78, 5) is 11.0. The van der Waals surface area contributed by atoms with E-state index >= 15 is 0 Å². The minimum absolute atomic E-state index is 0.256. The smallest absolute Gasteiger partial charge is 0.412 e. The summed E-state index contributed by atoms with van der Waals surface area (Å²) in [6.07, 6.45) is -0.733. The van der Waals surface area contributed by atoms with E-state index in [-0.39, 0.29) is 6.07 Å². The number of anilines is 1. The number of hydrogen-bond acceptors (Lipinski definition) is 3. The topological polar surface area (TPSA) is 62.1 Å². The maximum Gasteiger partial charge on any atom is 0.412 e. The van der Waals surface area contributed by atoms with Crippen LogP contribution in [0, 0.1) is 11.3 Å². The van der Waals surface area contributed by atoms with Gasteiger partial charge in [0.2, 0.25) is 0 Å². The van der Waals surface area contributed by atoms with E-state index in [9.17, 15) is 4.79 Å². The summed E-state index contributed by atoms with van der Waals surface area (Å²) < 4.78 is 4.45. The van der Waals surface area contributed by atoms with E-state index in [1.807, 2.05) is 6.07 Å². The van der Waals surface area contributed by atoms with Crippen LogP contribution in [0.3, 0.4) is 0 Å². The van der Waals surface area contributed by atoms with Crippen molar-refractivity contribution in [2.45, 2.75) is 0 Å². The van der Waals surface area contributed by atoms with Crippen molar-refractivity contribution in [2.24, 2.45) is 0 Å². The summed E-state index contributed by atoms with van der Waals surface area (Å²) in [5, 5.41) is 11.5. The lowest BCUT2D eigenvalue weighted by Crippen LogP contribution is -2.13. The second-order valence-corrected chi connectivity index (χ2v) is 3.12. The Morgan fingerprint density at radius 3 is 2.93 bits per heavy atom. The van der Waals surface area contributed by atoms with Gasteiger partial charge >= 0.3 is 6.09 Å². The van der Waals surface area contributed by atoms with Crippen LogP contribution in [0.5, 0.6) is 0 Å². The first-order chi connectivity index (χ1) is 7.17. The Balaban J connectivity index is 2.88. The molecule has 0 aliphatic carbocycles. The Morgan fingerprint density at radius 2 is 2.33 bits per heavy atom. The summed E-state index contributed by atoms with van der Waals surface area (Å²) in [6.45, 7) is 0. The molecule has 0 atom stereocenters. The van der Waals surface area contributed by atoms with E-state index in [4.69, 9.17) is 28.5 Å². The Kier molecular flexibility index (Phi) is 4.22. The zero-order valence-electron chi connectivity index (χ0n) is 7.46. The highest BCUT2D eigenvalue weighted by molar-refractivity contribution is 6.31. The van der Waals surface area contributed by atoms with Gasteiger partial charge in [-0.2, -0.15) is 5.26 Å². The summed E-state index contributed by atoms with van der Waals surface area (Å²) in [6, 6.07) is 6.16. The van der Waals surface area contributed by atoms with Crippen LogP contribution >= 0.6 is 23.2 Å². The first kappa shape index (κ1) is 11.6. The third-order valence-corrected chi connectivity index (χ3v) is 1.87. The number of carbonyl (C=O) groups is 1. The first-order valence-electron chi connectivity index (χ1n) is 3.86. The Hall–Kier alpha value is -1.44. The fraction of sp³-hybridized carbons (Fsp3) is 0.111. The number of halogens is 2. The van der Waals surface area contributed by atoms with Crippen LogP contribution in [0.4, 0.5) is 10.5 Å². The molecule has 0 saturated carbocycles. The highest BCUT2D eigenvalue weighted by Gasteiger charge is 2.07. The van der Waals surface area contributed by atoms with Crippen LogP contribution in [0.25, 0.3) is 0 Å². The summed E-state index contributed by atoms with van der Waals surface area (Å²) >= 11 is 10.9. The molecule has 1 rings (SSSR count). The lowest BCUT2D eigenvalue weighted by molar-refractivity contribution is 0.180. The van der Waals surface area contributed by atoms with Gasteiger partial charge in [0.15, 0.2) is 6.07 Å². The molecular weight excluding hydrogens is 239 g/mol. The number of nitrogens with zero attached hydrogens (tertiary/aromatic N) is 1. The zero-order valence-corrected chi connectivity index (χ0v) is 8.97. The Morgan fingerprint density at radius 1 is 1.60 bits per heavy atom. The molecule has 4 nitrogen and oxygen atoms in total. The number of alkyl halides is 1. The van der Waals surface area contributed by atoms with E-state index in [0.29, 0.717) is 16.3 Å². The van der Waals surface area contributed by atoms with Gasteiger partial charge in [-0.1, -0.05) is 23.2 Å². The van der Waals surface area contributed by atoms with E-state index in [0.717, 1.165) is 0 Å². The number of benzene rings is 1. The molecule has 15 heavy (non-hydrogen) atoms. The van der Waals surface area contributed by atoms with Crippen LogP contribution in [-0.2, 0) is 4.74 Å². The van der Waals surface area contributed by atoms with Gasteiger partial charge in [-0.3, -0.25) is 5.32 Å². The summed E-state index contributed by atoms with van der Waals surface area (Å²) in [5.41, 5.74) is 0.589. The van der Waals surface area contributed by atoms with E-state index in [1.54, 1.807) is 6.07 Å². The third-order valence-electron chi connectivity index (χ3n) is 1.52. The van der Waals surface area contributed by atoms with Crippen LogP contribution in [0.2, 0.25) is 5.02 Å². The van der Waals surface area contributed by atoms with Gasteiger partial charge < -0.3 is 4.74 Å². The average Bonchev–Trinajstić information content (AvgIpc) is 2.18. The molecule has 1 aromatic rings. The van der Waals surface area contributed by atoms with Gasteiger partial charge in [-0.25, -0.2) is 4.79 Å². The predicted molar refractivity (Wildman–Crippen MR) is 57.0 cm³/mol. The molecule has 78 valence electrons. The van der Waals surface area contributed by atoms with Crippen molar-refractivity contribution in [2.75, 3.05) is 11.4 Å². The predicted octanol–water partition coefficient (Wildman–Crippen LogP) is 2.96. The maximum absolute atomic E-state index is 11.0. The molecule has 0 aromatic heterocycles. The number of nitrogens with one attached hydrogen (secondary N) is 1. The lowest BCUT2D eigenvalue weighted by Gasteiger charge is -2.06. The Labute approximate surface area is 96.4 Å². The van der Waals surface area contributed by atoms with Crippen molar-refractivity contribution in [3.05, 3.63) is 28.8 Å². The maximum atomic E-state index is 11.0. The molecule has 0 radical (unpaired) electrons. The molecule has 0 aliphatic rings. The van der Waals surface area contributed by atoms with Gasteiger partial charge in [0, 0.05) is 5.02 Å². The molecule has 0 heterocycles. The van der Waals surface area contributed by atoms with Crippen molar-refractivity contribution in [1.82, 2.24) is 0 Å². The minimum Gasteiger partial charge on any atom is -0.433 e. The van der Waals surface area contributed by atoms with Crippen molar-refractivity contribution in [3.63, 3.8) is 0 Å². The molecule has 0 bridgehead atoms. The van der Waals surface area contributed by atoms with Crippen molar-refractivity contribution < 1.29 is 9.53 Å². The minimum atomic E-state index is -0.733. The molecule has 1 aromatic carbocycles. The molecule has 1 N–H and O–H groups in total. The highest BCUT2D eigenvalue weighted by Crippen LogP contribution is 2.20. The highest BCUT2D eigenvalue weighted by atomic mass is 35.5. The van der Waals surface area contributed by atoms with E-state index in [1.165, 1.54) is 12.1 Å². The summed E-state index contributed by atoms with van der Waals surface area (Å²) in [5.74, 6) is 0. The normalized spacial score (nSPS) is 9.13. The van der Waals surface area contributed by atoms with Crippen molar-refractivity contribution >= 4 is 35.0 Å². The standard InChI is InChI=1S/C9H6Cl2N2O2/c10-5-15-9(14)13-8-3-7(11)2-1-6(8)4-12/h1-3H,5H2,(H,13,14). The quantitative estimate of drug-likeness (QED) is 0.814. The van der Waals surface area contributed by atoms with Crippen LogP contribution in [0.15, 0.2) is 18.2 Å². The molecule has 0 aliphatic heterocycles. The molecular formula is C9H6Cl2N2O2. The molecule has 6 heteroatoms. The molecule has 0 unspecified atom stereocenters. The Bertz CT molecular complexity index is 415.